The number of hydrogen-bond donors (Lipinski definition) is 1. The van der Waals surface area contributed by atoms with E-state index in [1.165, 1.54) is 6.42 Å². The average molecular weight is 221 g/mol. The van der Waals surface area contributed by atoms with Crippen LogP contribution in [0.3, 0.4) is 0 Å². The molecule has 0 aromatic carbocycles. The van der Waals surface area contributed by atoms with E-state index in [0.29, 0.717) is 5.92 Å². The van der Waals surface area contributed by atoms with Crippen molar-refractivity contribution in [1.82, 2.24) is 9.97 Å². The highest BCUT2D eigenvalue weighted by molar-refractivity contribution is 5.39. The van der Waals surface area contributed by atoms with Crippen molar-refractivity contribution in [3.63, 3.8) is 0 Å². The van der Waals surface area contributed by atoms with E-state index in [4.69, 9.17) is 4.74 Å². The molecule has 88 valence electrons. The fourth-order valence-electron chi connectivity index (χ4n) is 1.91. The summed E-state index contributed by atoms with van der Waals surface area (Å²) in [6.07, 6.45) is 4.14. The van der Waals surface area contributed by atoms with Gasteiger partial charge in [0.25, 0.3) is 0 Å². The average Bonchev–Trinajstić information content (AvgIpc) is 2.76. The van der Waals surface area contributed by atoms with Crippen molar-refractivity contribution in [2.75, 3.05) is 25.1 Å². The van der Waals surface area contributed by atoms with Crippen LogP contribution in [0, 0.1) is 19.8 Å². The highest BCUT2D eigenvalue weighted by Gasteiger charge is 2.14. The smallest absolute Gasteiger partial charge is 0.147 e. The van der Waals surface area contributed by atoms with Gasteiger partial charge < -0.3 is 10.1 Å². The lowest BCUT2D eigenvalue weighted by Crippen LogP contribution is -2.11. The molecule has 16 heavy (non-hydrogen) atoms. The van der Waals surface area contributed by atoms with E-state index < -0.39 is 0 Å². The summed E-state index contributed by atoms with van der Waals surface area (Å²) in [4.78, 5) is 8.71. The van der Waals surface area contributed by atoms with Crippen molar-refractivity contribution in [3.8, 4) is 0 Å². The fourth-order valence-corrected chi connectivity index (χ4v) is 1.91. The Morgan fingerprint density at radius 2 is 2.38 bits per heavy atom. The molecule has 0 saturated carbocycles. The Kier molecular flexibility index (Phi) is 3.72. The number of hydrogen-bond acceptors (Lipinski definition) is 4. The second-order valence-corrected chi connectivity index (χ2v) is 4.39. The summed E-state index contributed by atoms with van der Waals surface area (Å²) in [6.45, 7) is 6.73. The number of ether oxygens (including phenoxy) is 1. The molecule has 4 heteroatoms. The number of nitrogens with zero attached hydrogens (tertiary/aromatic N) is 2. The van der Waals surface area contributed by atoms with Crippen molar-refractivity contribution in [2.24, 2.45) is 5.92 Å². The monoisotopic (exact) mass is 221 g/mol. The molecule has 1 aromatic rings. The standard InChI is InChI=1S/C12H19N3O/c1-9-7-14-10(2)12(15-9)13-5-3-11-4-6-16-8-11/h7,11H,3-6,8H2,1-2H3,(H,13,15). The van der Waals surface area contributed by atoms with E-state index in [9.17, 15) is 0 Å². The van der Waals surface area contributed by atoms with Gasteiger partial charge in [0.2, 0.25) is 0 Å². The van der Waals surface area contributed by atoms with E-state index >= 15 is 0 Å². The Morgan fingerprint density at radius 1 is 1.50 bits per heavy atom. The molecule has 1 N–H and O–H groups in total. The van der Waals surface area contributed by atoms with Crippen LogP contribution in [0.1, 0.15) is 24.2 Å². The maximum atomic E-state index is 5.35. The molecule has 1 saturated heterocycles. The van der Waals surface area contributed by atoms with Gasteiger partial charge in [-0.05, 0) is 32.6 Å². The largest absolute Gasteiger partial charge is 0.381 e. The quantitative estimate of drug-likeness (QED) is 0.844. The van der Waals surface area contributed by atoms with Crippen LogP contribution in [0.2, 0.25) is 0 Å². The van der Waals surface area contributed by atoms with Crippen LogP contribution in [0.25, 0.3) is 0 Å². The zero-order valence-electron chi connectivity index (χ0n) is 9.99. The van der Waals surface area contributed by atoms with Gasteiger partial charge in [0, 0.05) is 26.0 Å². The van der Waals surface area contributed by atoms with Gasteiger partial charge in [0.1, 0.15) is 5.82 Å². The van der Waals surface area contributed by atoms with Crippen molar-refractivity contribution < 1.29 is 4.74 Å². The first-order valence-electron chi connectivity index (χ1n) is 5.87. The van der Waals surface area contributed by atoms with Gasteiger partial charge in [0.05, 0.1) is 11.4 Å². The molecule has 0 bridgehead atoms. The third-order valence-electron chi connectivity index (χ3n) is 2.94. The lowest BCUT2D eigenvalue weighted by molar-refractivity contribution is 0.185. The highest BCUT2D eigenvalue weighted by atomic mass is 16.5. The molecule has 1 atom stereocenters. The molecule has 2 rings (SSSR count). The maximum absolute atomic E-state index is 5.35. The summed E-state index contributed by atoms with van der Waals surface area (Å²) in [7, 11) is 0. The Hall–Kier alpha value is -1.16. The van der Waals surface area contributed by atoms with Crippen molar-refractivity contribution in [1.29, 1.82) is 0 Å². The molecule has 4 nitrogen and oxygen atoms in total. The van der Waals surface area contributed by atoms with Crippen LogP contribution in [0.5, 0.6) is 0 Å². The van der Waals surface area contributed by atoms with Crippen LogP contribution in [0.15, 0.2) is 6.20 Å². The third-order valence-corrected chi connectivity index (χ3v) is 2.94. The summed E-state index contributed by atoms with van der Waals surface area (Å²) in [5.74, 6) is 1.63. The predicted molar refractivity (Wildman–Crippen MR) is 63.5 cm³/mol. The van der Waals surface area contributed by atoms with Crippen LogP contribution in [0.4, 0.5) is 5.82 Å². The first-order chi connectivity index (χ1) is 7.75. The fraction of sp³-hybridized carbons (Fsp3) is 0.667. The number of nitrogens with one attached hydrogen (secondary N) is 1. The molecule has 0 spiro atoms. The molecule has 1 fully saturated rings. The number of rotatable bonds is 4. The molecule has 1 aromatic heterocycles. The number of anilines is 1. The van der Waals surface area contributed by atoms with Crippen LogP contribution < -0.4 is 5.32 Å². The third kappa shape index (κ3) is 2.92. The van der Waals surface area contributed by atoms with Crippen molar-refractivity contribution >= 4 is 5.82 Å². The first kappa shape index (κ1) is 11.3. The Balaban J connectivity index is 1.82. The van der Waals surface area contributed by atoms with Gasteiger partial charge in [0.15, 0.2) is 0 Å². The summed E-state index contributed by atoms with van der Waals surface area (Å²) < 4.78 is 5.35. The van der Waals surface area contributed by atoms with Gasteiger partial charge in [-0.3, -0.25) is 4.98 Å². The van der Waals surface area contributed by atoms with Gasteiger partial charge in [-0.1, -0.05) is 0 Å². The van der Waals surface area contributed by atoms with E-state index in [1.54, 1.807) is 6.20 Å². The SMILES string of the molecule is Cc1cnc(C)c(NCCC2CCOC2)n1. The zero-order valence-corrected chi connectivity index (χ0v) is 9.99. The Bertz CT molecular complexity index is 348. The molecular formula is C12H19N3O. The molecule has 1 aliphatic heterocycles. The summed E-state index contributed by atoms with van der Waals surface area (Å²) in [5, 5.41) is 3.35. The van der Waals surface area contributed by atoms with E-state index in [-0.39, 0.29) is 0 Å². The highest BCUT2D eigenvalue weighted by Crippen LogP contribution is 2.16. The molecule has 0 radical (unpaired) electrons. The van der Waals surface area contributed by atoms with Gasteiger partial charge in [-0.2, -0.15) is 0 Å². The second-order valence-electron chi connectivity index (χ2n) is 4.39. The van der Waals surface area contributed by atoms with Gasteiger partial charge in [-0.15, -0.1) is 0 Å². The van der Waals surface area contributed by atoms with Crippen LogP contribution in [-0.2, 0) is 4.74 Å². The summed E-state index contributed by atoms with van der Waals surface area (Å²) in [5.41, 5.74) is 1.92. The van der Waals surface area contributed by atoms with Crippen molar-refractivity contribution in [3.05, 3.63) is 17.6 Å². The number of aromatic nitrogens is 2. The minimum absolute atomic E-state index is 0.713. The molecule has 1 aliphatic rings. The summed E-state index contributed by atoms with van der Waals surface area (Å²) in [6, 6.07) is 0. The second kappa shape index (κ2) is 5.25. The van der Waals surface area contributed by atoms with E-state index in [0.717, 1.165) is 43.4 Å². The normalized spacial score (nSPS) is 20.0. The molecule has 2 heterocycles. The lowest BCUT2D eigenvalue weighted by atomic mass is 10.1. The Labute approximate surface area is 96.4 Å². The van der Waals surface area contributed by atoms with Crippen LogP contribution >= 0.6 is 0 Å². The minimum atomic E-state index is 0.713. The lowest BCUT2D eigenvalue weighted by Gasteiger charge is -2.10. The first-order valence-corrected chi connectivity index (χ1v) is 5.87. The molecule has 0 aliphatic carbocycles. The predicted octanol–water partition coefficient (Wildman–Crippen LogP) is 1.93. The Morgan fingerprint density at radius 3 is 3.12 bits per heavy atom. The van der Waals surface area contributed by atoms with Gasteiger partial charge >= 0.3 is 0 Å². The molecule has 1 unspecified atom stereocenters. The van der Waals surface area contributed by atoms with Crippen LogP contribution in [-0.4, -0.2) is 29.7 Å². The van der Waals surface area contributed by atoms with Crippen molar-refractivity contribution in [2.45, 2.75) is 26.7 Å². The molecule has 0 amide bonds. The maximum Gasteiger partial charge on any atom is 0.147 e. The van der Waals surface area contributed by atoms with Gasteiger partial charge in [-0.25, -0.2) is 4.98 Å². The topological polar surface area (TPSA) is 47.0 Å². The minimum Gasteiger partial charge on any atom is -0.381 e. The molecular weight excluding hydrogens is 202 g/mol. The zero-order chi connectivity index (χ0) is 11.4. The van der Waals surface area contributed by atoms with E-state index in [2.05, 4.69) is 15.3 Å². The van der Waals surface area contributed by atoms with E-state index in [1.807, 2.05) is 13.8 Å². The summed E-state index contributed by atoms with van der Waals surface area (Å²) >= 11 is 0. The number of aryl methyl sites for hydroxylation is 2.